The van der Waals surface area contributed by atoms with E-state index in [0.29, 0.717) is 30.8 Å². The Morgan fingerprint density at radius 1 is 1.15 bits per heavy atom. The average molecular weight is 279 g/mol. The zero-order chi connectivity index (χ0) is 13.5. The second-order valence-corrected chi connectivity index (χ2v) is 6.21. The van der Waals surface area contributed by atoms with E-state index in [0.717, 1.165) is 31.9 Å². The zero-order valence-corrected chi connectivity index (χ0v) is 11.6. The first-order chi connectivity index (χ1) is 9.81. The van der Waals surface area contributed by atoms with Gasteiger partial charge in [-0.1, -0.05) is 5.16 Å². The van der Waals surface area contributed by atoms with Gasteiger partial charge in [0.1, 0.15) is 0 Å². The summed E-state index contributed by atoms with van der Waals surface area (Å²) in [7, 11) is 0. The Morgan fingerprint density at radius 2 is 1.95 bits per heavy atom. The van der Waals surface area contributed by atoms with E-state index in [-0.39, 0.29) is 12.1 Å². The molecule has 2 atom stereocenters. The molecule has 1 N–H and O–H groups in total. The quantitative estimate of drug-likeness (QED) is 0.897. The van der Waals surface area contributed by atoms with Gasteiger partial charge >= 0.3 is 0 Å². The highest BCUT2D eigenvalue weighted by Gasteiger charge is 2.40. The molecule has 1 aliphatic carbocycles. The topological polar surface area (TPSA) is 71.6 Å². The molecule has 3 aliphatic rings. The number of β-amino-alcohol motifs (C(OH)–C–C–N with tert-alkyl or cyclic N) is 1. The molecule has 0 aromatic carbocycles. The van der Waals surface area contributed by atoms with Crippen molar-refractivity contribution in [1.82, 2.24) is 15.0 Å². The van der Waals surface area contributed by atoms with Crippen LogP contribution in [0.3, 0.4) is 0 Å². The lowest BCUT2D eigenvalue weighted by molar-refractivity contribution is 0.0214. The normalized spacial score (nSPS) is 32.9. The van der Waals surface area contributed by atoms with Crippen molar-refractivity contribution in [2.24, 2.45) is 0 Å². The van der Waals surface area contributed by atoms with Crippen molar-refractivity contribution in [2.75, 3.05) is 19.8 Å². The van der Waals surface area contributed by atoms with E-state index in [4.69, 9.17) is 9.26 Å². The summed E-state index contributed by atoms with van der Waals surface area (Å²) in [6, 6.07) is 0.537. The maximum atomic E-state index is 10.0. The SMILES string of the molecule is OC1CC(c2nc(C3CC3)no2)N(C2CCOCC2)C1. The van der Waals surface area contributed by atoms with Crippen LogP contribution in [-0.2, 0) is 4.74 Å². The molecule has 0 spiro atoms. The third kappa shape index (κ3) is 2.36. The Bertz CT molecular complexity index is 468. The van der Waals surface area contributed by atoms with Crippen LogP contribution in [0.15, 0.2) is 4.52 Å². The third-order valence-corrected chi connectivity index (χ3v) is 4.66. The lowest BCUT2D eigenvalue weighted by atomic mass is 10.1. The first-order valence-electron chi connectivity index (χ1n) is 7.66. The van der Waals surface area contributed by atoms with E-state index < -0.39 is 0 Å². The van der Waals surface area contributed by atoms with Crippen molar-refractivity contribution in [1.29, 1.82) is 0 Å². The number of hydrogen-bond acceptors (Lipinski definition) is 6. The summed E-state index contributed by atoms with van der Waals surface area (Å²) in [6.45, 7) is 2.32. The summed E-state index contributed by atoms with van der Waals surface area (Å²) in [4.78, 5) is 6.92. The van der Waals surface area contributed by atoms with E-state index in [1.807, 2.05) is 0 Å². The van der Waals surface area contributed by atoms with Crippen molar-refractivity contribution >= 4 is 0 Å². The zero-order valence-electron chi connectivity index (χ0n) is 11.6. The van der Waals surface area contributed by atoms with Gasteiger partial charge in [-0.05, 0) is 32.1 Å². The molecule has 4 rings (SSSR count). The predicted molar refractivity (Wildman–Crippen MR) is 70.2 cm³/mol. The fourth-order valence-electron chi connectivity index (χ4n) is 3.39. The highest BCUT2D eigenvalue weighted by molar-refractivity contribution is 5.07. The minimum Gasteiger partial charge on any atom is -0.392 e. The molecule has 1 saturated carbocycles. The highest BCUT2D eigenvalue weighted by Crippen LogP contribution is 2.40. The highest BCUT2D eigenvalue weighted by atomic mass is 16.5. The number of likely N-dealkylation sites (tertiary alicyclic amines) is 1. The summed E-state index contributed by atoms with van der Waals surface area (Å²) in [5.74, 6) is 2.05. The van der Waals surface area contributed by atoms with Crippen LogP contribution in [-0.4, -0.2) is 52.1 Å². The first-order valence-corrected chi connectivity index (χ1v) is 7.66. The van der Waals surface area contributed by atoms with Crippen LogP contribution in [0.2, 0.25) is 0 Å². The van der Waals surface area contributed by atoms with E-state index in [1.165, 1.54) is 12.8 Å². The van der Waals surface area contributed by atoms with E-state index in [2.05, 4.69) is 15.0 Å². The Kier molecular flexibility index (Phi) is 3.24. The Morgan fingerprint density at radius 3 is 2.70 bits per heavy atom. The molecule has 6 nitrogen and oxygen atoms in total. The lowest BCUT2D eigenvalue weighted by Crippen LogP contribution is -2.39. The molecule has 2 aliphatic heterocycles. The van der Waals surface area contributed by atoms with Crippen LogP contribution >= 0.6 is 0 Å². The van der Waals surface area contributed by atoms with E-state index >= 15 is 0 Å². The molecular formula is C14H21N3O3. The predicted octanol–water partition coefficient (Wildman–Crippen LogP) is 1.23. The fraction of sp³-hybridized carbons (Fsp3) is 0.857. The molecule has 20 heavy (non-hydrogen) atoms. The molecule has 1 aromatic heterocycles. The number of hydrogen-bond donors (Lipinski definition) is 1. The lowest BCUT2D eigenvalue weighted by Gasteiger charge is -2.33. The number of rotatable bonds is 3. The van der Waals surface area contributed by atoms with Crippen LogP contribution in [0.4, 0.5) is 0 Å². The maximum absolute atomic E-state index is 10.0. The van der Waals surface area contributed by atoms with Crippen molar-refractivity contribution < 1.29 is 14.4 Å². The molecule has 0 bridgehead atoms. The summed E-state index contributed by atoms with van der Waals surface area (Å²) < 4.78 is 10.9. The van der Waals surface area contributed by atoms with Crippen LogP contribution in [0.5, 0.6) is 0 Å². The van der Waals surface area contributed by atoms with Gasteiger partial charge in [0.05, 0.1) is 12.1 Å². The minimum atomic E-state index is -0.292. The first kappa shape index (κ1) is 12.7. The van der Waals surface area contributed by atoms with Crippen LogP contribution in [0, 0.1) is 0 Å². The number of aliphatic hydroxyl groups excluding tert-OH is 1. The summed E-state index contributed by atoms with van der Waals surface area (Å²) in [5.41, 5.74) is 0. The van der Waals surface area contributed by atoms with Gasteiger partial charge in [-0.25, -0.2) is 0 Å². The van der Waals surface area contributed by atoms with Gasteiger partial charge in [0.2, 0.25) is 5.89 Å². The second kappa shape index (κ2) is 5.09. The van der Waals surface area contributed by atoms with Crippen LogP contribution in [0.25, 0.3) is 0 Å². The van der Waals surface area contributed by atoms with Gasteiger partial charge < -0.3 is 14.4 Å². The molecule has 3 heterocycles. The molecule has 2 saturated heterocycles. The smallest absolute Gasteiger partial charge is 0.244 e. The molecule has 6 heteroatoms. The summed E-state index contributed by atoms with van der Waals surface area (Å²) >= 11 is 0. The van der Waals surface area contributed by atoms with E-state index in [9.17, 15) is 5.11 Å². The minimum absolute atomic E-state index is 0.0769. The van der Waals surface area contributed by atoms with Gasteiger partial charge in [-0.3, -0.25) is 4.90 Å². The Balaban J connectivity index is 1.53. The molecule has 0 radical (unpaired) electrons. The molecule has 3 fully saturated rings. The van der Waals surface area contributed by atoms with Crippen LogP contribution in [0.1, 0.15) is 55.8 Å². The van der Waals surface area contributed by atoms with Crippen molar-refractivity contribution in [3.8, 4) is 0 Å². The standard InChI is InChI=1S/C14H21N3O3/c18-11-7-12(14-15-13(16-20-14)9-1-2-9)17(8-11)10-3-5-19-6-4-10/h9-12,18H,1-8H2. The van der Waals surface area contributed by atoms with Crippen molar-refractivity contribution in [3.63, 3.8) is 0 Å². The summed E-state index contributed by atoms with van der Waals surface area (Å²) in [6.07, 6.45) is 4.80. The van der Waals surface area contributed by atoms with Crippen LogP contribution < -0.4 is 0 Å². The van der Waals surface area contributed by atoms with Crippen molar-refractivity contribution in [3.05, 3.63) is 11.7 Å². The second-order valence-electron chi connectivity index (χ2n) is 6.21. The van der Waals surface area contributed by atoms with Crippen molar-refractivity contribution in [2.45, 2.75) is 56.2 Å². The molecule has 110 valence electrons. The van der Waals surface area contributed by atoms with Gasteiger partial charge in [0, 0.05) is 31.7 Å². The fourth-order valence-corrected chi connectivity index (χ4v) is 3.39. The van der Waals surface area contributed by atoms with Gasteiger partial charge in [0.25, 0.3) is 0 Å². The number of aliphatic hydroxyl groups is 1. The average Bonchev–Trinajstić information content (AvgIpc) is 3.08. The molecular weight excluding hydrogens is 258 g/mol. The van der Waals surface area contributed by atoms with Gasteiger partial charge in [-0.15, -0.1) is 0 Å². The number of ether oxygens (including phenoxy) is 1. The molecule has 2 unspecified atom stereocenters. The van der Waals surface area contributed by atoms with Gasteiger partial charge in [-0.2, -0.15) is 4.98 Å². The Labute approximate surface area is 118 Å². The monoisotopic (exact) mass is 279 g/mol. The molecule has 0 amide bonds. The van der Waals surface area contributed by atoms with Gasteiger partial charge in [0.15, 0.2) is 5.82 Å². The molecule has 1 aromatic rings. The largest absolute Gasteiger partial charge is 0.392 e. The maximum Gasteiger partial charge on any atom is 0.244 e. The Hall–Kier alpha value is -0.980. The van der Waals surface area contributed by atoms with E-state index in [1.54, 1.807) is 0 Å². The number of aromatic nitrogens is 2. The number of nitrogens with zero attached hydrogens (tertiary/aromatic N) is 3. The summed E-state index contributed by atoms with van der Waals surface area (Å²) in [5, 5.41) is 14.1. The third-order valence-electron chi connectivity index (χ3n) is 4.66.